The van der Waals surface area contributed by atoms with Gasteiger partial charge in [0.05, 0.1) is 6.61 Å². The van der Waals surface area contributed by atoms with Gasteiger partial charge in [0.25, 0.3) is 0 Å². The predicted molar refractivity (Wildman–Crippen MR) is 73.0 cm³/mol. The average molecular weight is 240 g/mol. The van der Waals surface area contributed by atoms with Crippen molar-refractivity contribution in [1.29, 1.82) is 0 Å². The minimum absolute atomic E-state index is 0.216. The van der Waals surface area contributed by atoms with E-state index < -0.39 is 0 Å². The van der Waals surface area contributed by atoms with Crippen molar-refractivity contribution in [3.63, 3.8) is 0 Å². The zero-order valence-electron chi connectivity index (χ0n) is 11.5. The quantitative estimate of drug-likeness (QED) is 0.299. The molecule has 0 N–H and O–H groups in total. The SMILES string of the molecule is C/C=C/C(=O)OCCCCCCCCCCC. The zero-order chi connectivity index (χ0) is 12.8. The Morgan fingerprint density at radius 2 is 1.47 bits per heavy atom. The maximum Gasteiger partial charge on any atom is 0.330 e. The molecule has 100 valence electrons. The molecule has 0 rings (SSSR count). The Morgan fingerprint density at radius 3 is 2.00 bits per heavy atom. The highest BCUT2D eigenvalue weighted by Crippen LogP contribution is 2.09. The second-order valence-electron chi connectivity index (χ2n) is 4.50. The van der Waals surface area contributed by atoms with Gasteiger partial charge in [0.15, 0.2) is 0 Å². The Bertz CT molecular complexity index is 197. The van der Waals surface area contributed by atoms with Gasteiger partial charge in [0.2, 0.25) is 0 Å². The Kier molecular flexibility index (Phi) is 12.7. The summed E-state index contributed by atoms with van der Waals surface area (Å²) in [6.07, 6.45) is 14.8. The fraction of sp³-hybridized carbons (Fsp3) is 0.800. The first-order valence-electron chi connectivity index (χ1n) is 7.10. The molecule has 0 aromatic rings. The molecular weight excluding hydrogens is 212 g/mol. The minimum Gasteiger partial charge on any atom is -0.463 e. The summed E-state index contributed by atoms with van der Waals surface area (Å²) < 4.78 is 5.02. The highest BCUT2D eigenvalue weighted by molar-refractivity contribution is 5.81. The smallest absolute Gasteiger partial charge is 0.330 e. The third-order valence-corrected chi connectivity index (χ3v) is 2.79. The molecule has 2 nitrogen and oxygen atoms in total. The van der Waals surface area contributed by atoms with Gasteiger partial charge < -0.3 is 4.74 Å². The molecular formula is C15H28O2. The summed E-state index contributed by atoms with van der Waals surface area (Å²) in [7, 11) is 0. The number of unbranched alkanes of at least 4 members (excludes halogenated alkanes) is 8. The average Bonchev–Trinajstić information content (AvgIpc) is 2.32. The molecule has 0 heterocycles. The summed E-state index contributed by atoms with van der Waals surface area (Å²) in [5.41, 5.74) is 0. The van der Waals surface area contributed by atoms with Gasteiger partial charge in [-0.1, -0.05) is 64.4 Å². The molecule has 0 spiro atoms. The van der Waals surface area contributed by atoms with Crippen molar-refractivity contribution in [2.24, 2.45) is 0 Å². The Balaban J connectivity index is 3.06. The van der Waals surface area contributed by atoms with Gasteiger partial charge in [-0.05, 0) is 13.3 Å². The van der Waals surface area contributed by atoms with E-state index in [1.807, 2.05) is 6.92 Å². The van der Waals surface area contributed by atoms with Crippen LogP contribution in [0.5, 0.6) is 0 Å². The van der Waals surface area contributed by atoms with Gasteiger partial charge in [0, 0.05) is 6.08 Å². The Labute approximate surface area is 106 Å². The van der Waals surface area contributed by atoms with Crippen LogP contribution in [0.2, 0.25) is 0 Å². The van der Waals surface area contributed by atoms with Crippen LogP contribution in [0.15, 0.2) is 12.2 Å². The predicted octanol–water partition coefficient (Wildman–Crippen LogP) is 4.64. The highest BCUT2D eigenvalue weighted by Gasteiger charge is 1.96. The number of rotatable bonds is 11. The van der Waals surface area contributed by atoms with E-state index in [4.69, 9.17) is 4.74 Å². The van der Waals surface area contributed by atoms with Crippen molar-refractivity contribution in [2.45, 2.75) is 71.6 Å². The lowest BCUT2D eigenvalue weighted by atomic mass is 10.1. The molecule has 0 aliphatic heterocycles. The number of esters is 1. The summed E-state index contributed by atoms with van der Waals surface area (Å²) in [4.78, 5) is 11.0. The van der Waals surface area contributed by atoms with Crippen LogP contribution in [0, 0.1) is 0 Å². The van der Waals surface area contributed by atoms with Gasteiger partial charge in [-0.15, -0.1) is 0 Å². The van der Waals surface area contributed by atoms with Crippen molar-refractivity contribution in [2.75, 3.05) is 6.61 Å². The van der Waals surface area contributed by atoms with Gasteiger partial charge >= 0.3 is 5.97 Å². The van der Waals surface area contributed by atoms with E-state index in [2.05, 4.69) is 6.92 Å². The molecule has 2 heteroatoms. The lowest BCUT2D eigenvalue weighted by Crippen LogP contribution is -2.01. The first-order valence-corrected chi connectivity index (χ1v) is 7.10. The summed E-state index contributed by atoms with van der Waals surface area (Å²) in [6, 6.07) is 0. The molecule has 0 amide bonds. The van der Waals surface area contributed by atoms with E-state index in [0.29, 0.717) is 6.61 Å². The third-order valence-electron chi connectivity index (χ3n) is 2.79. The largest absolute Gasteiger partial charge is 0.463 e. The number of hydrogen-bond acceptors (Lipinski definition) is 2. The molecule has 0 aliphatic carbocycles. The highest BCUT2D eigenvalue weighted by atomic mass is 16.5. The number of hydrogen-bond donors (Lipinski definition) is 0. The fourth-order valence-corrected chi connectivity index (χ4v) is 1.77. The van der Waals surface area contributed by atoms with Gasteiger partial charge in [0.1, 0.15) is 0 Å². The standard InChI is InChI=1S/C15H28O2/c1-3-5-6-7-8-9-10-11-12-14-17-15(16)13-4-2/h4,13H,3,5-12,14H2,1-2H3/b13-4+. The van der Waals surface area contributed by atoms with E-state index in [9.17, 15) is 4.79 Å². The summed E-state index contributed by atoms with van der Waals surface area (Å²) in [6.45, 7) is 4.63. The fourth-order valence-electron chi connectivity index (χ4n) is 1.77. The normalized spacial score (nSPS) is 10.9. The molecule has 0 atom stereocenters. The molecule has 0 aromatic carbocycles. The topological polar surface area (TPSA) is 26.3 Å². The maximum atomic E-state index is 11.0. The van der Waals surface area contributed by atoms with E-state index >= 15 is 0 Å². The summed E-state index contributed by atoms with van der Waals surface area (Å²) in [5.74, 6) is -0.216. The second-order valence-corrected chi connectivity index (χ2v) is 4.50. The molecule has 0 saturated heterocycles. The number of ether oxygens (including phenoxy) is 1. The molecule has 0 aliphatic rings. The molecule has 17 heavy (non-hydrogen) atoms. The van der Waals surface area contributed by atoms with Crippen LogP contribution in [-0.2, 0) is 9.53 Å². The number of allylic oxidation sites excluding steroid dienone is 1. The summed E-state index contributed by atoms with van der Waals surface area (Å²) >= 11 is 0. The van der Waals surface area contributed by atoms with Crippen molar-refractivity contribution in [3.8, 4) is 0 Å². The van der Waals surface area contributed by atoms with Crippen molar-refractivity contribution >= 4 is 5.97 Å². The van der Waals surface area contributed by atoms with Gasteiger partial charge in [-0.3, -0.25) is 0 Å². The van der Waals surface area contributed by atoms with E-state index in [1.54, 1.807) is 6.08 Å². The van der Waals surface area contributed by atoms with Crippen LogP contribution < -0.4 is 0 Å². The minimum atomic E-state index is -0.216. The number of carbonyl (C=O) groups is 1. The van der Waals surface area contributed by atoms with Crippen molar-refractivity contribution in [1.82, 2.24) is 0 Å². The van der Waals surface area contributed by atoms with Crippen molar-refractivity contribution < 1.29 is 9.53 Å². The first-order chi connectivity index (χ1) is 8.31. The van der Waals surface area contributed by atoms with Gasteiger partial charge in [-0.25, -0.2) is 4.79 Å². The molecule has 0 aromatic heterocycles. The van der Waals surface area contributed by atoms with E-state index in [1.165, 1.54) is 57.4 Å². The number of carbonyl (C=O) groups excluding carboxylic acids is 1. The van der Waals surface area contributed by atoms with Crippen LogP contribution in [0.3, 0.4) is 0 Å². The summed E-state index contributed by atoms with van der Waals surface area (Å²) in [5, 5.41) is 0. The first kappa shape index (κ1) is 16.2. The Morgan fingerprint density at radius 1 is 0.941 bits per heavy atom. The third kappa shape index (κ3) is 13.1. The molecule has 0 unspecified atom stereocenters. The van der Waals surface area contributed by atoms with E-state index in [-0.39, 0.29) is 5.97 Å². The van der Waals surface area contributed by atoms with Crippen molar-refractivity contribution in [3.05, 3.63) is 12.2 Å². The second kappa shape index (κ2) is 13.3. The zero-order valence-corrected chi connectivity index (χ0v) is 11.5. The Hall–Kier alpha value is -0.790. The van der Waals surface area contributed by atoms with Crippen LogP contribution in [-0.4, -0.2) is 12.6 Å². The maximum absolute atomic E-state index is 11.0. The molecule has 0 bridgehead atoms. The van der Waals surface area contributed by atoms with E-state index in [0.717, 1.165) is 6.42 Å². The molecule has 0 radical (unpaired) electrons. The monoisotopic (exact) mass is 240 g/mol. The molecule has 0 saturated carbocycles. The van der Waals surface area contributed by atoms with Crippen LogP contribution in [0.1, 0.15) is 71.6 Å². The lowest BCUT2D eigenvalue weighted by Gasteiger charge is -2.02. The van der Waals surface area contributed by atoms with Crippen LogP contribution in [0.4, 0.5) is 0 Å². The van der Waals surface area contributed by atoms with Crippen LogP contribution >= 0.6 is 0 Å². The lowest BCUT2D eigenvalue weighted by molar-refractivity contribution is -0.137. The van der Waals surface area contributed by atoms with Gasteiger partial charge in [-0.2, -0.15) is 0 Å². The molecule has 0 fully saturated rings. The van der Waals surface area contributed by atoms with Crippen LogP contribution in [0.25, 0.3) is 0 Å².